The van der Waals surface area contributed by atoms with E-state index >= 15 is 0 Å². The first-order valence-electron chi connectivity index (χ1n) is 7.52. The fraction of sp³-hybridized carbons (Fsp3) is 0.167. The van der Waals surface area contributed by atoms with E-state index in [1.807, 2.05) is 32.0 Å². The normalized spacial score (nSPS) is 10.8. The summed E-state index contributed by atoms with van der Waals surface area (Å²) in [7, 11) is 1.56. The first-order chi connectivity index (χ1) is 11.4. The zero-order chi connectivity index (χ0) is 17.4. The van der Waals surface area contributed by atoms with E-state index in [9.17, 15) is 9.59 Å². The summed E-state index contributed by atoms with van der Waals surface area (Å²) in [5.41, 5.74) is 3.67. The van der Waals surface area contributed by atoms with E-state index in [0.29, 0.717) is 21.2 Å². The van der Waals surface area contributed by atoms with E-state index in [1.165, 1.54) is 4.57 Å². The Kier molecular flexibility index (Phi) is 4.07. The highest BCUT2D eigenvalue weighted by atomic mass is 32.1. The molecule has 0 fully saturated rings. The number of aryl methyl sites for hydroxylation is 1. The van der Waals surface area contributed by atoms with Crippen molar-refractivity contribution in [2.45, 2.75) is 13.8 Å². The molecule has 2 N–H and O–H groups in total. The van der Waals surface area contributed by atoms with Gasteiger partial charge in [-0.3, -0.25) is 14.2 Å². The topological polar surface area (TPSA) is 66.9 Å². The molecule has 1 amide bonds. The van der Waals surface area contributed by atoms with Gasteiger partial charge in [0.15, 0.2) is 4.77 Å². The van der Waals surface area contributed by atoms with E-state index < -0.39 is 0 Å². The van der Waals surface area contributed by atoms with Crippen LogP contribution in [-0.4, -0.2) is 22.5 Å². The number of H-pyrrole nitrogens is 1. The molecule has 0 aliphatic carbocycles. The minimum atomic E-state index is -0.213. The molecule has 3 rings (SSSR count). The van der Waals surface area contributed by atoms with Crippen LogP contribution in [0.1, 0.15) is 21.5 Å². The maximum absolute atomic E-state index is 12.9. The van der Waals surface area contributed by atoms with Gasteiger partial charge in [-0.2, -0.15) is 0 Å². The smallest absolute Gasteiger partial charge is 0.266 e. The number of benzene rings is 2. The van der Waals surface area contributed by atoms with Crippen molar-refractivity contribution < 1.29 is 4.79 Å². The van der Waals surface area contributed by atoms with Crippen LogP contribution in [0.5, 0.6) is 0 Å². The maximum atomic E-state index is 12.9. The standard InChI is InChI=1S/C18H17N3O2S/c1-10-5-4-6-15(11(10)2)21-17(23)13-8-7-12(16(22)19-3)9-14(13)20-18(21)24/h4-9H,1-3H3,(H,19,22)(H,20,24). The molecule has 5 nitrogen and oxygen atoms in total. The zero-order valence-corrected chi connectivity index (χ0v) is 14.5. The van der Waals surface area contributed by atoms with Crippen molar-refractivity contribution in [2.24, 2.45) is 0 Å². The van der Waals surface area contributed by atoms with Crippen LogP contribution in [0, 0.1) is 18.6 Å². The van der Waals surface area contributed by atoms with Crippen LogP contribution in [-0.2, 0) is 0 Å². The van der Waals surface area contributed by atoms with Gasteiger partial charge in [0.1, 0.15) is 0 Å². The number of aromatic nitrogens is 2. The van der Waals surface area contributed by atoms with Crippen LogP contribution >= 0.6 is 12.2 Å². The van der Waals surface area contributed by atoms with Gasteiger partial charge in [0.05, 0.1) is 16.6 Å². The van der Waals surface area contributed by atoms with E-state index in [1.54, 1.807) is 25.2 Å². The molecule has 0 saturated carbocycles. The molecule has 3 aromatic rings. The monoisotopic (exact) mass is 339 g/mol. The number of amides is 1. The van der Waals surface area contributed by atoms with Crippen molar-refractivity contribution in [3.63, 3.8) is 0 Å². The molecular weight excluding hydrogens is 322 g/mol. The van der Waals surface area contributed by atoms with Gasteiger partial charge in [0, 0.05) is 12.6 Å². The molecule has 0 bridgehead atoms. The second kappa shape index (κ2) is 6.05. The Bertz CT molecular complexity index is 1080. The predicted molar refractivity (Wildman–Crippen MR) is 97.6 cm³/mol. The molecule has 0 radical (unpaired) electrons. The number of nitrogens with zero attached hydrogens (tertiary/aromatic N) is 1. The summed E-state index contributed by atoms with van der Waals surface area (Å²) in [6.45, 7) is 3.96. The Morgan fingerprint density at radius 2 is 1.96 bits per heavy atom. The fourth-order valence-corrected chi connectivity index (χ4v) is 2.99. The molecule has 1 heterocycles. The molecule has 2 aromatic carbocycles. The summed E-state index contributed by atoms with van der Waals surface area (Å²) < 4.78 is 1.80. The van der Waals surface area contributed by atoms with Crippen LogP contribution in [0.3, 0.4) is 0 Å². The van der Waals surface area contributed by atoms with E-state index in [0.717, 1.165) is 16.8 Å². The minimum absolute atomic E-state index is 0.203. The van der Waals surface area contributed by atoms with Crippen LogP contribution in [0.15, 0.2) is 41.2 Å². The number of nitrogens with one attached hydrogen (secondary N) is 2. The van der Waals surface area contributed by atoms with Gasteiger partial charge in [-0.1, -0.05) is 12.1 Å². The highest BCUT2D eigenvalue weighted by molar-refractivity contribution is 7.71. The third-order valence-corrected chi connectivity index (χ3v) is 4.49. The fourth-order valence-electron chi connectivity index (χ4n) is 2.70. The average Bonchev–Trinajstić information content (AvgIpc) is 2.57. The number of aromatic amines is 1. The first kappa shape index (κ1) is 16.1. The third-order valence-electron chi connectivity index (χ3n) is 4.20. The number of carbonyl (C=O) groups is 1. The summed E-state index contributed by atoms with van der Waals surface area (Å²) in [5.74, 6) is -0.213. The zero-order valence-electron chi connectivity index (χ0n) is 13.6. The van der Waals surface area contributed by atoms with Gasteiger partial charge in [-0.05, 0) is 61.5 Å². The van der Waals surface area contributed by atoms with Gasteiger partial charge < -0.3 is 10.3 Å². The Labute approximate surface area is 144 Å². The van der Waals surface area contributed by atoms with Crippen molar-refractivity contribution >= 4 is 29.0 Å². The van der Waals surface area contributed by atoms with Crippen LogP contribution in [0.4, 0.5) is 0 Å². The molecule has 0 unspecified atom stereocenters. The quantitative estimate of drug-likeness (QED) is 0.705. The second-order valence-electron chi connectivity index (χ2n) is 5.63. The van der Waals surface area contributed by atoms with E-state index in [-0.39, 0.29) is 11.5 Å². The van der Waals surface area contributed by atoms with Gasteiger partial charge >= 0.3 is 0 Å². The Morgan fingerprint density at radius 1 is 1.21 bits per heavy atom. The number of carbonyl (C=O) groups excluding carboxylic acids is 1. The molecule has 24 heavy (non-hydrogen) atoms. The van der Waals surface area contributed by atoms with Gasteiger partial charge in [0.2, 0.25) is 0 Å². The number of hydrogen-bond acceptors (Lipinski definition) is 3. The Hall–Kier alpha value is -2.73. The minimum Gasteiger partial charge on any atom is -0.355 e. The summed E-state index contributed by atoms with van der Waals surface area (Å²) in [6, 6.07) is 10.7. The van der Waals surface area contributed by atoms with Crippen molar-refractivity contribution in [1.29, 1.82) is 0 Å². The average molecular weight is 339 g/mol. The van der Waals surface area contributed by atoms with Crippen molar-refractivity contribution in [3.05, 3.63) is 68.2 Å². The summed E-state index contributed by atoms with van der Waals surface area (Å²) in [6.07, 6.45) is 0. The van der Waals surface area contributed by atoms with Gasteiger partial charge in [-0.15, -0.1) is 0 Å². The molecule has 0 spiro atoms. The lowest BCUT2D eigenvalue weighted by Crippen LogP contribution is -2.22. The molecule has 0 aliphatic rings. The molecule has 1 aromatic heterocycles. The molecular formula is C18H17N3O2S. The van der Waals surface area contributed by atoms with Crippen molar-refractivity contribution in [3.8, 4) is 5.69 Å². The van der Waals surface area contributed by atoms with Gasteiger partial charge in [-0.25, -0.2) is 0 Å². The molecule has 6 heteroatoms. The van der Waals surface area contributed by atoms with Gasteiger partial charge in [0.25, 0.3) is 11.5 Å². The molecule has 0 atom stereocenters. The van der Waals surface area contributed by atoms with Crippen LogP contribution in [0.2, 0.25) is 0 Å². The van der Waals surface area contributed by atoms with Crippen molar-refractivity contribution in [2.75, 3.05) is 7.05 Å². The molecule has 0 aliphatic heterocycles. The number of fused-ring (bicyclic) bond motifs is 1. The first-order valence-corrected chi connectivity index (χ1v) is 7.92. The largest absolute Gasteiger partial charge is 0.355 e. The third kappa shape index (κ3) is 2.55. The highest BCUT2D eigenvalue weighted by Crippen LogP contribution is 2.18. The lowest BCUT2D eigenvalue weighted by molar-refractivity contribution is 0.0963. The second-order valence-corrected chi connectivity index (χ2v) is 6.02. The Balaban J connectivity index is 2.33. The molecule has 122 valence electrons. The van der Waals surface area contributed by atoms with Crippen LogP contribution < -0.4 is 10.9 Å². The molecule has 0 saturated heterocycles. The number of hydrogen-bond donors (Lipinski definition) is 2. The van der Waals surface area contributed by atoms with Crippen LogP contribution in [0.25, 0.3) is 16.6 Å². The Morgan fingerprint density at radius 3 is 2.67 bits per heavy atom. The van der Waals surface area contributed by atoms with Crippen molar-refractivity contribution in [1.82, 2.24) is 14.9 Å². The summed E-state index contributed by atoms with van der Waals surface area (Å²) in [5, 5.41) is 3.05. The summed E-state index contributed by atoms with van der Waals surface area (Å²) in [4.78, 5) is 27.8. The lowest BCUT2D eigenvalue weighted by atomic mass is 10.1. The summed E-state index contributed by atoms with van der Waals surface area (Å²) >= 11 is 5.40. The maximum Gasteiger partial charge on any atom is 0.266 e. The predicted octanol–water partition coefficient (Wildman–Crippen LogP) is 3.02. The number of rotatable bonds is 2. The SMILES string of the molecule is CNC(=O)c1ccc2c(=O)n(-c3cccc(C)c3C)c(=S)[nH]c2c1. The highest BCUT2D eigenvalue weighted by Gasteiger charge is 2.12. The van der Waals surface area contributed by atoms with E-state index in [4.69, 9.17) is 12.2 Å². The lowest BCUT2D eigenvalue weighted by Gasteiger charge is -2.13. The van der Waals surface area contributed by atoms with E-state index in [2.05, 4.69) is 10.3 Å².